The first-order valence-electron chi connectivity index (χ1n) is 22.9. The van der Waals surface area contributed by atoms with Crippen molar-refractivity contribution >= 4 is 52.3 Å². The van der Waals surface area contributed by atoms with Crippen molar-refractivity contribution in [3.8, 4) is 0 Å². The summed E-state index contributed by atoms with van der Waals surface area (Å²) in [5.74, 6) is -4.58. The van der Waals surface area contributed by atoms with E-state index in [0.29, 0.717) is 16.8 Å². The molecule has 17 nitrogen and oxygen atoms in total. The molecular formula is C52H60N10O7. The summed E-state index contributed by atoms with van der Waals surface area (Å²) < 4.78 is 0. The van der Waals surface area contributed by atoms with E-state index in [1.165, 1.54) is 19.4 Å². The molecule has 0 aliphatic carbocycles. The Hall–Kier alpha value is -8.08. The minimum atomic E-state index is -1.31. The van der Waals surface area contributed by atoms with Crippen LogP contribution in [0.25, 0.3) is 10.9 Å². The number of H-pyrrole nitrogens is 2. The zero-order valence-electron chi connectivity index (χ0n) is 38.9. The van der Waals surface area contributed by atoms with Gasteiger partial charge in [0.1, 0.15) is 36.3 Å². The Morgan fingerprint density at radius 2 is 0.913 bits per heavy atom. The first-order valence-corrected chi connectivity index (χ1v) is 22.9. The maximum absolute atomic E-state index is 14.9. The predicted molar refractivity (Wildman–Crippen MR) is 261 cm³/mol. The highest BCUT2D eigenvalue weighted by atomic mass is 16.2. The number of nitrogens with two attached hydrogens (primary N) is 1. The Balaban J connectivity index is 1.31. The SMILES string of the molecule is CC(=O)N[C@@H](Cc1ccccc1)C(=O)N[C@@H](Cc1ccccc1)C(=O)N[C@@H](Cc1c[nH]c2ccccc12)C(=O)N[C@@H](Cc1ccccc1)C(=O)N[C@@H](Cc1cnc[nH]1)C(=O)N[C@@H](CC(C)C)C(N)=O. The first kappa shape index (κ1) is 50.3. The van der Waals surface area contributed by atoms with Gasteiger partial charge in [0.25, 0.3) is 0 Å². The van der Waals surface area contributed by atoms with Crippen molar-refractivity contribution < 1.29 is 33.6 Å². The van der Waals surface area contributed by atoms with Gasteiger partial charge in [-0.05, 0) is 40.7 Å². The number of primary amides is 1. The van der Waals surface area contributed by atoms with Gasteiger partial charge in [0.15, 0.2) is 0 Å². The summed E-state index contributed by atoms with van der Waals surface area (Å²) in [5, 5.41) is 17.6. The lowest BCUT2D eigenvalue weighted by Crippen LogP contribution is -2.61. The third-order valence-electron chi connectivity index (χ3n) is 11.5. The minimum Gasteiger partial charge on any atom is -0.368 e. The number of benzene rings is 4. The van der Waals surface area contributed by atoms with Crippen LogP contribution in [-0.4, -0.2) is 92.6 Å². The van der Waals surface area contributed by atoms with Gasteiger partial charge < -0.3 is 47.6 Å². The summed E-state index contributed by atoms with van der Waals surface area (Å²) in [6.07, 6.45) is 5.03. The molecule has 6 aromatic rings. The Morgan fingerprint density at radius 3 is 1.33 bits per heavy atom. The van der Waals surface area contributed by atoms with Crippen molar-refractivity contribution in [2.75, 3.05) is 0 Å². The van der Waals surface area contributed by atoms with E-state index >= 15 is 0 Å². The number of aromatic amines is 2. The fourth-order valence-electron chi connectivity index (χ4n) is 8.06. The second kappa shape index (κ2) is 24.6. The molecule has 0 fully saturated rings. The van der Waals surface area contributed by atoms with Crippen molar-refractivity contribution in [3.05, 3.63) is 162 Å². The van der Waals surface area contributed by atoms with Crippen LogP contribution in [0.2, 0.25) is 0 Å². The van der Waals surface area contributed by atoms with Crippen LogP contribution < -0.4 is 37.6 Å². The van der Waals surface area contributed by atoms with Crippen LogP contribution >= 0.6 is 0 Å². The first-order chi connectivity index (χ1) is 33.2. The van der Waals surface area contributed by atoms with E-state index in [1.54, 1.807) is 42.6 Å². The highest BCUT2D eigenvalue weighted by Gasteiger charge is 2.34. The molecular weight excluding hydrogens is 877 g/mol. The minimum absolute atomic E-state index is 0.0109. The summed E-state index contributed by atoms with van der Waals surface area (Å²) in [4.78, 5) is 107. The molecule has 0 saturated carbocycles. The Bertz CT molecular complexity index is 2660. The Kier molecular flexibility index (Phi) is 18.0. The van der Waals surface area contributed by atoms with Gasteiger partial charge in [-0.1, -0.05) is 123 Å². The number of carbonyl (C=O) groups is 7. The summed E-state index contributed by atoms with van der Waals surface area (Å²) in [7, 11) is 0. The lowest BCUT2D eigenvalue weighted by molar-refractivity contribution is -0.135. The van der Waals surface area contributed by atoms with Crippen molar-refractivity contribution in [2.24, 2.45) is 11.7 Å². The van der Waals surface area contributed by atoms with Gasteiger partial charge in [-0.15, -0.1) is 0 Å². The maximum Gasteiger partial charge on any atom is 0.243 e. The topological polar surface area (TPSA) is 262 Å². The van der Waals surface area contributed by atoms with E-state index in [-0.39, 0.29) is 44.4 Å². The van der Waals surface area contributed by atoms with E-state index in [1.807, 2.05) is 92.7 Å². The second-order valence-corrected chi connectivity index (χ2v) is 17.5. The number of para-hydroxylation sites is 1. The molecule has 69 heavy (non-hydrogen) atoms. The number of amides is 7. The molecule has 6 atom stereocenters. The van der Waals surface area contributed by atoms with Crippen molar-refractivity contribution in [3.63, 3.8) is 0 Å². The van der Waals surface area contributed by atoms with Crippen LogP contribution in [0, 0.1) is 5.92 Å². The number of imidazole rings is 1. The lowest BCUT2D eigenvalue weighted by Gasteiger charge is -2.28. The van der Waals surface area contributed by atoms with Crippen LogP contribution in [-0.2, 0) is 65.7 Å². The molecule has 0 aliphatic rings. The zero-order valence-corrected chi connectivity index (χ0v) is 38.9. The monoisotopic (exact) mass is 936 g/mol. The van der Waals surface area contributed by atoms with E-state index in [4.69, 9.17) is 5.73 Å². The molecule has 2 heterocycles. The average molecular weight is 937 g/mol. The van der Waals surface area contributed by atoms with Gasteiger partial charge in [-0.25, -0.2) is 4.98 Å². The second-order valence-electron chi connectivity index (χ2n) is 17.5. The molecule has 360 valence electrons. The van der Waals surface area contributed by atoms with E-state index in [2.05, 4.69) is 46.9 Å². The fraction of sp³-hybridized carbons (Fsp3) is 0.308. The van der Waals surface area contributed by atoms with Crippen LogP contribution in [0.15, 0.2) is 134 Å². The smallest absolute Gasteiger partial charge is 0.243 e. The zero-order chi connectivity index (χ0) is 49.3. The maximum atomic E-state index is 14.9. The number of nitrogens with one attached hydrogen (secondary N) is 8. The molecule has 6 rings (SSSR count). The molecule has 2 aromatic heterocycles. The molecule has 0 spiro atoms. The average Bonchev–Trinajstić information content (AvgIpc) is 4.01. The molecule has 7 amide bonds. The highest BCUT2D eigenvalue weighted by Crippen LogP contribution is 2.20. The molecule has 10 N–H and O–H groups in total. The molecule has 0 aliphatic heterocycles. The number of fused-ring (bicyclic) bond motifs is 1. The summed E-state index contributed by atoms with van der Waals surface area (Å²) in [5.41, 5.74) is 9.86. The van der Waals surface area contributed by atoms with Crippen LogP contribution in [0.5, 0.6) is 0 Å². The van der Waals surface area contributed by atoms with Gasteiger partial charge in [-0.3, -0.25) is 33.6 Å². The molecule has 4 aromatic carbocycles. The molecule has 0 radical (unpaired) electrons. The summed E-state index contributed by atoms with van der Waals surface area (Å²) >= 11 is 0. The quantitative estimate of drug-likeness (QED) is 0.0435. The molecule has 0 saturated heterocycles. The lowest BCUT2D eigenvalue weighted by atomic mass is 9.99. The van der Waals surface area contributed by atoms with Crippen molar-refractivity contribution in [1.82, 2.24) is 46.9 Å². The standard InChI is InChI=1S/C52H60N10O7/c1-32(2)23-41(47(53)64)58-52(69)46(28-38-30-54-31-56-38)62-50(67)44(26-36-19-11-6-12-20-36)60-51(68)45(27-37-29-55-40-22-14-13-21-39(37)40)61-49(66)43(25-35-17-9-5-10-18-35)59-48(65)42(57-33(3)63)24-34-15-7-4-8-16-34/h4-22,29-32,41-46,55H,23-28H2,1-3H3,(H2,53,64)(H,54,56)(H,57,63)(H,58,69)(H,59,65)(H,60,68)(H,61,66)(H,62,67)/t41-,42-,43-,44-,45-,46-/m0/s1. The van der Waals surface area contributed by atoms with Gasteiger partial charge >= 0.3 is 0 Å². The molecule has 17 heteroatoms. The Morgan fingerprint density at radius 1 is 0.507 bits per heavy atom. The van der Waals surface area contributed by atoms with Crippen LogP contribution in [0.4, 0.5) is 0 Å². The van der Waals surface area contributed by atoms with Gasteiger partial charge in [-0.2, -0.15) is 0 Å². The summed E-state index contributed by atoms with van der Waals surface area (Å²) in [6, 6.07) is 27.5. The number of nitrogens with zero attached hydrogens (tertiary/aromatic N) is 1. The normalized spacial score (nSPS) is 13.7. The van der Waals surface area contributed by atoms with Crippen molar-refractivity contribution in [1.29, 1.82) is 0 Å². The number of hydrogen-bond donors (Lipinski definition) is 9. The van der Waals surface area contributed by atoms with Gasteiger partial charge in [0.2, 0.25) is 41.4 Å². The third kappa shape index (κ3) is 15.2. The largest absolute Gasteiger partial charge is 0.368 e. The fourth-order valence-corrected chi connectivity index (χ4v) is 8.06. The van der Waals surface area contributed by atoms with Crippen LogP contribution in [0.3, 0.4) is 0 Å². The van der Waals surface area contributed by atoms with E-state index < -0.39 is 77.6 Å². The summed E-state index contributed by atoms with van der Waals surface area (Å²) in [6.45, 7) is 5.07. The van der Waals surface area contributed by atoms with Crippen LogP contribution in [0.1, 0.15) is 55.1 Å². The molecule has 0 bridgehead atoms. The number of carbonyl (C=O) groups excluding carboxylic acids is 7. The van der Waals surface area contributed by atoms with Crippen molar-refractivity contribution in [2.45, 2.75) is 95.5 Å². The number of rotatable bonds is 24. The Labute approximate surface area is 400 Å². The van der Waals surface area contributed by atoms with E-state index in [9.17, 15) is 33.6 Å². The molecule has 0 unspecified atom stereocenters. The predicted octanol–water partition coefficient (Wildman–Crippen LogP) is 2.86. The number of aromatic nitrogens is 3. The van der Waals surface area contributed by atoms with E-state index in [0.717, 1.165) is 22.0 Å². The third-order valence-corrected chi connectivity index (χ3v) is 11.5. The highest BCUT2D eigenvalue weighted by molar-refractivity contribution is 5.98. The number of hydrogen-bond acceptors (Lipinski definition) is 8. The van der Waals surface area contributed by atoms with Gasteiger partial charge in [0.05, 0.1) is 6.33 Å². The van der Waals surface area contributed by atoms with Gasteiger partial charge in [0, 0.05) is 68.0 Å².